The number of phenolic OH excluding ortho intramolecular Hbond substituents is 1. The van der Waals surface area contributed by atoms with E-state index < -0.39 is 0 Å². The molecule has 3 heteroatoms. The maximum absolute atomic E-state index is 9.39. The highest BCUT2D eigenvalue weighted by Crippen LogP contribution is 2.27. The zero-order valence-corrected chi connectivity index (χ0v) is 9.76. The molecule has 2 N–H and O–H groups in total. The lowest BCUT2D eigenvalue weighted by Crippen LogP contribution is -2.33. The van der Waals surface area contributed by atoms with Crippen molar-refractivity contribution in [2.24, 2.45) is 5.92 Å². The fraction of sp³-hybridized carbons (Fsp3) is 0.500. The van der Waals surface area contributed by atoms with Crippen LogP contribution in [0.3, 0.4) is 0 Å². The lowest BCUT2D eigenvalue weighted by molar-refractivity contribution is 0.449. The fourth-order valence-electron chi connectivity index (χ4n) is 2.11. The van der Waals surface area contributed by atoms with Crippen molar-refractivity contribution in [2.45, 2.75) is 12.5 Å². The smallest absolute Gasteiger partial charge is 0.115 e. The highest BCUT2D eigenvalue weighted by molar-refractivity contribution is 7.99. The van der Waals surface area contributed by atoms with Crippen LogP contribution in [0.15, 0.2) is 24.3 Å². The van der Waals surface area contributed by atoms with Crippen molar-refractivity contribution in [3.8, 4) is 5.75 Å². The van der Waals surface area contributed by atoms with E-state index in [2.05, 4.69) is 11.4 Å². The van der Waals surface area contributed by atoms with Crippen LogP contribution in [0.1, 0.15) is 5.56 Å². The van der Waals surface area contributed by atoms with Crippen LogP contribution < -0.4 is 5.32 Å². The van der Waals surface area contributed by atoms with E-state index in [0.29, 0.717) is 17.7 Å². The molecule has 1 fully saturated rings. The van der Waals surface area contributed by atoms with Gasteiger partial charge in [-0.15, -0.1) is 0 Å². The number of hydrogen-bond acceptors (Lipinski definition) is 3. The highest BCUT2D eigenvalue weighted by atomic mass is 32.2. The van der Waals surface area contributed by atoms with Crippen LogP contribution in [0, 0.1) is 5.92 Å². The van der Waals surface area contributed by atoms with Crippen LogP contribution in [-0.2, 0) is 6.42 Å². The molecule has 2 rings (SSSR count). The van der Waals surface area contributed by atoms with Crippen molar-refractivity contribution in [3.63, 3.8) is 0 Å². The summed E-state index contributed by atoms with van der Waals surface area (Å²) in [7, 11) is 2.03. The molecule has 2 unspecified atom stereocenters. The number of hydrogen-bond donors (Lipinski definition) is 2. The molecule has 1 aromatic rings. The highest BCUT2D eigenvalue weighted by Gasteiger charge is 2.26. The van der Waals surface area contributed by atoms with Crippen molar-refractivity contribution >= 4 is 11.8 Å². The molecule has 0 radical (unpaired) electrons. The molecular formula is C12H17NOS. The SMILES string of the molecule is CNC1CSCC1Cc1cccc(O)c1. The molecule has 2 nitrogen and oxygen atoms in total. The number of benzene rings is 1. The first-order chi connectivity index (χ1) is 7.29. The maximum Gasteiger partial charge on any atom is 0.115 e. The Labute approximate surface area is 95.1 Å². The van der Waals surface area contributed by atoms with Gasteiger partial charge in [0.15, 0.2) is 0 Å². The Kier molecular flexibility index (Phi) is 3.54. The van der Waals surface area contributed by atoms with E-state index in [9.17, 15) is 5.11 Å². The van der Waals surface area contributed by atoms with E-state index in [0.717, 1.165) is 6.42 Å². The van der Waals surface area contributed by atoms with Crippen LogP contribution in [0.2, 0.25) is 0 Å². The standard InChI is InChI=1S/C12H17NOS/c1-13-12-8-15-7-10(12)5-9-3-2-4-11(14)6-9/h2-4,6,10,12-14H,5,7-8H2,1H3. The van der Waals surface area contributed by atoms with E-state index in [-0.39, 0.29) is 0 Å². The zero-order valence-electron chi connectivity index (χ0n) is 8.94. The molecule has 1 aliphatic rings. The third-order valence-electron chi connectivity index (χ3n) is 2.98. The lowest BCUT2D eigenvalue weighted by Gasteiger charge is -2.17. The fourth-order valence-corrected chi connectivity index (χ4v) is 3.59. The molecule has 0 amide bonds. The van der Waals surface area contributed by atoms with Gasteiger partial charge in [0, 0.05) is 11.8 Å². The number of thioether (sulfide) groups is 1. The van der Waals surface area contributed by atoms with Gasteiger partial charge in [0.2, 0.25) is 0 Å². The minimum atomic E-state index is 0.374. The van der Waals surface area contributed by atoms with E-state index in [1.807, 2.05) is 30.9 Å². The van der Waals surface area contributed by atoms with Crippen LogP contribution in [-0.4, -0.2) is 29.7 Å². The molecule has 1 saturated heterocycles. The van der Waals surface area contributed by atoms with Crippen molar-refractivity contribution < 1.29 is 5.11 Å². The van der Waals surface area contributed by atoms with Gasteiger partial charge < -0.3 is 10.4 Å². The van der Waals surface area contributed by atoms with E-state index in [1.54, 1.807) is 6.07 Å². The summed E-state index contributed by atoms with van der Waals surface area (Å²) in [6.45, 7) is 0. The second-order valence-corrected chi connectivity index (χ2v) is 5.14. The van der Waals surface area contributed by atoms with Gasteiger partial charge in [0.25, 0.3) is 0 Å². The van der Waals surface area contributed by atoms with Gasteiger partial charge in [-0.3, -0.25) is 0 Å². The van der Waals surface area contributed by atoms with Crippen molar-refractivity contribution in [2.75, 3.05) is 18.6 Å². The molecule has 0 saturated carbocycles. The number of nitrogens with one attached hydrogen (secondary N) is 1. The molecule has 2 atom stereocenters. The third kappa shape index (κ3) is 2.67. The Morgan fingerprint density at radius 2 is 2.33 bits per heavy atom. The summed E-state index contributed by atoms with van der Waals surface area (Å²) in [5.41, 5.74) is 1.24. The molecule has 1 heterocycles. The van der Waals surface area contributed by atoms with E-state index >= 15 is 0 Å². The summed E-state index contributed by atoms with van der Waals surface area (Å²) < 4.78 is 0. The first-order valence-corrected chi connectivity index (χ1v) is 6.48. The Bertz CT molecular complexity index is 329. The monoisotopic (exact) mass is 223 g/mol. The topological polar surface area (TPSA) is 32.3 Å². The summed E-state index contributed by atoms with van der Waals surface area (Å²) in [5.74, 6) is 3.50. The first kappa shape index (κ1) is 10.8. The number of aromatic hydroxyl groups is 1. The molecule has 15 heavy (non-hydrogen) atoms. The maximum atomic E-state index is 9.39. The Morgan fingerprint density at radius 3 is 3.07 bits per heavy atom. The van der Waals surface area contributed by atoms with Crippen LogP contribution in [0.25, 0.3) is 0 Å². The van der Waals surface area contributed by atoms with Crippen LogP contribution >= 0.6 is 11.8 Å². The molecule has 0 bridgehead atoms. The average Bonchev–Trinajstić information content (AvgIpc) is 2.65. The molecule has 1 aliphatic heterocycles. The first-order valence-electron chi connectivity index (χ1n) is 5.32. The van der Waals surface area contributed by atoms with Gasteiger partial charge in [-0.2, -0.15) is 11.8 Å². The molecule has 1 aromatic carbocycles. The van der Waals surface area contributed by atoms with E-state index in [1.165, 1.54) is 17.1 Å². The van der Waals surface area contributed by atoms with Gasteiger partial charge in [-0.25, -0.2) is 0 Å². The van der Waals surface area contributed by atoms with Gasteiger partial charge in [-0.05, 0) is 42.8 Å². The second-order valence-electron chi connectivity index (χ2n) is 4.07. The number of phenols is 1. The third-order valence-corrected chi connectivity index (χ3v) is 4.24. The van der Waals surface area contributed by atoms with Crippen molar-refractivity contribution in [1.82, 2.24) is 5.32 Å². The van der Waals surface area contributed by atoms with E-state index in [4.69, 9.17) is 0 Å². The largest absolute Gasteiger partial charge is 0.508 e. The number of rotatable bonds is 3. The zero-order chi connectivity index (χ0) is 10.7. The normalized spacial score (nSPS) is 25.7. The summed E-state index contributed by atoms with van der Waals surface area (Å²) in [4.78, 5) is 0. The minimum Gasteiger partial charge on any atom is -0.508 e. The van der Waals surface area contributed by atoms with Crippen molar-refractivity contribution in [1.29, 1.82) is 0 Å². The van der Waals surface area contributed by atoms with Gasteiger partial charge >= 0.3 is 0 Å². The van der Waals surface area contributed by atoms with Crippen LogP contribution in [0.5, 0.6) is 5.75 Å². The Hall–Kier alpha value is -0.670. The predicted octanol–water partition coefficient (Wildman–Crippen LogP) is 1.89. The molecule has 0 aromatic heterocycles. The predicted molar refractivity (Wildman–Crippen MR) is 65.5 cm³/mol. The summed E-state index contributed by atoms with van der Waals surface area (Å²) in [6.07, 6.45) is 1.06. The Morgan fingerprint density at radius 1 is 1.47 bits per heavy atom. The summed E-state index contributed by atoms with van der Waals surface area (Å²) in [5, 5.41) is 12.8. The Balaban J connectivity index is 2.02. The van der Waals surface area contributed by atoms with Crippen molar-refractivity contribution in [3.05, 3.63) is 29.8 Å². The summed E-state index contributed by atoms with van der Waals surface area (Å²) in [6, 6.07) is 8.23. The minimum absolute atomic E-state index is 0.374. The molecule has 0 aliphatic carbocycles. The second kappa shape index (κ2) is 4.90. The molecule has 0 spiro atoms. The van der Waals surface area contributed by atoms with Crippen LogP contribution in [0.4, 0.5) is 0 Å². The van der Waals surface area contributed by atoms with Gasteiger partial charge in [0.05, 0.1) is 0 Å². The summed E-state index contributed by atoms with van der Waals surface area (Å²) >= 11 is 2.01. The molecular weight excluding hydrogens is 206 g/mol. The van der Waals surface area contributed by atoms with Gasteiger partial charge in [-0.1, -0.05) is 12.1 Å². The van der Waals surface area contributed by atoms with Gasteiger partial charge in [0.1, 0.15) is 5.75 Å². The lowest BCUT2D eigenvalue weighted by atomic mass is 9.95. The molecule has 82 valence electrons. The average molecular weight is 223 g/mol. The quantitative estimate of drug-likeness (QED) is 0.820.